The fourth-order valence-corrected chi connectivity index (χ4v) is 9.27. The lowest BCUT2D eigenvalue weighted by Crippen LogP contribution is -2.17. The third-order valence-corrected chi connectivity index (χ3v) is 13.3. The van der Waals surface area contributed by atoms with Crippen molar-refractivity contribution in [2.24, 2.45) is 0 Å². The summed E-state index contributed by atoms with van der Waals surface area (Å²) < 4.78 is 66.7. The van der Waals surface area contributed by atoms with Crippen LogP contribution in [-0.2, 0) is 16.2 Å². The van der Waals surface area contributed by atoms with E-state index in [2.05, 4.69) is 139 Å². The van der Waals surface area contributed by atoms with Gasteiger partial charge in [0, 0.05) is 22.9 Å². The van der Waals surface area contributed by atoms with E-state index in [-0.39, 0.29) is 75.6 Å². The van der Waals surface area contributed by atoms with Crippen LogP contribution in [-0.4, -0.2) is 19.6 Å². The minimum Gasteiger partial charge on any atom is -0.507 e. The van der Waals surface area contributed by atoms with Crippen LogP contribution in [0.1, 0.15) is 139 Å². The van der Waals surface area contributed by atoms with Crippen molar-refractivity contribution < 1.29 is 14.7 Å². The molecule has 0 aliphatic heterocycles. The van der Waals surface area contributed by atoms with E-state index in [0.717, 1.165) is 66.8 Å². The standard InChI is InChI=1S/C66H69N3O/c1-41(2)54-36-48(44-23-18-15-19-24-44)37-55(42(3)4)61(54)69-59-26-20-25-53(60(59)68-63(69)56-39-52(65(8,9)10)40-57(62(56)70)66(11,12)13)49-33-47(43-21-16-14-17-22-43)34-50(35-49)58-38-46(31-32-67-58)45-27-29-51(30-28-45)64(5,6)7/h14-42,70H,1-13H3/i27D,28D,29D,30D,31D,32D,38D. The Bertz CT molecular complexity index is 3730. The summed E-state index contributed by atoms with van der Waals surface area (Å²) in [5, 5.41) is 12.8. The van der Waals surface area contributed by atoms with Crippen LogP contribution in [0, 0.1) is 0 Å². The minimum atomic E-state index is -0.726. The van der Waals surface area contributed by atoms with E-state index < -0.39 is 23.0 Å². The molecular weight excluding hydrogens is 851 g/mol. The van der Waals surface area contributed by atoms with Gasteiger partial charge < -0.3 is 5.11 Å². The van der Waals surface area contributed by atoms with E-state index in [1.165, 1.54) is 0 Å². The first-order valence-corrected chi connectivity index (χ1v) is 24.5. The van der Waals surface area contributed by atoms with Crippen molar-refractivity contribution in [2.45, 2.75) is 118 Å². The van der Waals surface area contributed by atoms with Crippen molar-refractivity contribution in [3.05, 3.63) is 192 Å². The summed E-state index contributed by atoms with van der Waals surface area (Å²) in [4.78, 5) is 10.3. The Morgan fingerprint density at radius 3 is 1.61 bits per heavy atom. The zero-order chi connectivity index (χ0) is 56.0. The average Bonchev–Trinajstić information content (AvgIpc) is 3.85. The molecule has 0 fully saturated rings. The number of para-hydroxylation sites is 1. The third-order valence-electron chi connectivity index (χ3n) is 13.3. The fraction of sp³-hybridized carbons (Fsp3) is 0.273. The molecule has 0 saturated carbocycles. The first kappa shape index (κ1) is 39.8. The average molecular weight is 927 g/mol. The van der Waals surface area contributed by atoms with Gasteiger partial charge in [-0.15, -0.1) is 0 Å². The van der Waals surface area contributed by atoms with Crippen LogP contribution in [0.25, 0.3) is 83.9 Å². The Morgan fingerprint density at radius 1 is 0.500 bits per heavy atom. The van der Waals surface area contributed by atoms with E-state index in [1.54, 1.807) is 0 Å². The molecule has 0 unspecified atom stereocenters. The second-order valence-corrected chi connectivity index (χ2v) is 22.4. The molecule has 4 heteroatoms. The normalized spacial score (nSPS) is 13.8. The minimum absolute atomic E-state index is 0.0514. The fourth-order valence-electron chi connectivity index (χ4n) is 9.27. The maximum Gasteiger partial charge on any atom is 0.149 e. The summed E-state index contributed by atoms with van der Waals surface area (Å²) in [6.07, 6.45) is -0.466. The second kappa shape index (κ2) is 18.4. The van der Waals surface area contributed by atoms with Crippen LogP contribution in [0.4, 0.5) is 0 Å². The lowest BCUT2D eigenvalue weighted by molar-refractivity contribution is 0.446. The van der Waals surface area contributed by atoms with Gasteiger partial charge in [-0.25, -0.2) is 4.98 Å². The second-order valence-electron chi connectivity index (χ2n) is 22.4. The lowest BCUT2D eigenvalue weighted by Gasteiger charge is -2.28. The SMILES string of the molecule is [2H]c1nc(-c2cc(-c3ccccc3)cc(-c3cccc4c3nc(-c3cc(C(C)(C)C)cc(C(C)(C)C)c3O)n4-c3c(C(C)C)cc(-c4ccccc4)cc3C(C)C)c2)c([2H])c(-c2c([2H])c([2H])c(C(C)(C)C)c([2H])c2[2H])c1[2H]. The predicted octanol–water partition coefficient (Wildman–Crippen LogP) is 18.3. The number of aromatic nitrogens is 3. The highest BCUT2D eigenvalue weighted by atomic mass is 16.3. The van der Waals surface area contributed by atoms with Gasteiger partial charge in [-0.05, 0) is 144 Å². The molecule has 0 spiro atoms. The summed E-state index contributed by atoms with van der Waals surface area (Å²) in [6.45, 7) is 27.3. The molecule has 0 amide bonds. The number of phenolic OH excluding ortho intramolecular Hbond substituents is 1. The van der Waals surface area contributed by atoms with Crippen LogP contribution in [0.3, 0.4) is 0 Å². The van der Waals surface area contributed by atoms with Gasteiger partial charge >= 0.3 is 0 Å². The molecule has 0 aliphatic carbocycles. The van der Waals surface area contributed by atoms with Crippen molar-refractivity contribution in [3.8, 4) is 78.6 Å². The number of aromatic hydroxyl groups is 1. The zero-order valence-electron chi connectivity index (χ0n) is 50.0. The summed E-state index contributed by atoms with van der Waals surface area (Å²) >= 11 is 0. The maximum absolute atomic E-state index is 12.8. The van der Waals surface area contributed by atoms with E-state index in [4.69, 9.17) is 10.5 Å². The van der Waals surface area contributed by atoms with E-state index in [1.807, 2.05) is 81.4 Å². The van der Waals surface area contributed by atoms with Gasteiger partial charge in [0.2, 0.25) is 0 Å². The molecule has 0 bridgehead atoms. The van der Waals surface area contributed by atoms with E-state index in [9.17, 15) is 9.22 Å². The number of pyridine rings is 1. The summed E-state index contributed by atoms with van der Waals surface area (Å²) in [5.41, 5.74) is 11.5. The number of nitrogens with zero attached hydrogens (tertiary/aromatic N) is 3. The molecule has 70 heavy (non-hydrogen) atoms. The Morgan fingerprint density at radius 2 is 1.06 bits per heavy atom. The number of hydrogen-bond acceptors (Lipinski definition) is 3. The third kappa shape index (κ3) is 9.37. The highest BCUT2D eigenvalue weighted by Crippen LogP contribution is 2.47. The van der Waals surface area contributed by atoms with Crippen molar-refractivity contribution in [1.82, 2.24) is 14.5 Å². The van der Waals surface area contributed by atoms with Gasteiger partial charge in [-0.2, -0.15) is 0 Å². The first-order valence-electron chi connectivity index (χ1n) is 28.0. The van der Waals surface area contributed by atoms with Crippen LogP contribution in [0.15, 0.2) is 164 Å². The largest absolute Gasteiger partial charge is 0.507 e. The maximum atomic E-state index is 12.8. The quantitative estimate of drug-likeness (QED) is 0.157. The Hall–Kier alpha value is -7.04. The summed E-state index contributed by atoms with van der Waals surface area (Å²) in [5.74, 6) is 0.900. The van der Waals surface area contributed by atoms with Crippen molar-refractivity contribution >= 4 is 11.0 Å². The number of benzene rings is 7. The molecular formula is C66H69N3O. The zero-order valence-corrected chi connectivity index (χ0v) is 43.0. The highest BCUT2D eigenvalue weighted by molar-refractivity contribution is 5.98. The molecule has 0 saturated heterocycles. The smallest absolute Gasteiger partial charge is 0.149 e. The Balaban J connectivity index is 1.40. The molecule has 4 nitrogen and oxygen atoms in total. The number of fused-ring (bicyclic) bond motifs is 1. The molecule has 0 aliphatic rings. The van der Waals surface area contributed by atoms with Gasteiger partial charge in [0.25, 0.3) is 0 Å². The van der Waals surface area contributed by atoms with Crippen molar-refractivity contribution in [1.29, 1.82) is 0 Å². The van der Waals surface area contributed by atoms with Crippen LogP contribution < -0.4 is 0 Å². The molecule has 9 aromatic rings. The summed E-state index contributed by atoms with van der Waals surface area (Å²) in [7, 11) is 0. The highest BCUT2D eigenvalue weighted by Gasteiger charge is 2.31. The molecule has 9 rings (SSSR count). The lowest BCUT2D eigenvalue weighted by atomic mass is 9.78. The van der Waals surface area contributed by atoms with Gasteiger partial charge in [-0.3, -0.25) is 9.55 Å². The molecule has 1 N–H and O–H groups in total. The van der Waals surface area contributed by atoms with Gasteiger partial charge in [-0.1, -0.05) is 193 Å². The van der Waals surface area contributed by atoms with Crippen LogP contribution >= 0.6 is 0 Å². The van der Waals surface area contributed by atoms with Crippen molar-refractivity contribution in [3.63, 3.8) is 0 Å². The first-order chi connectivity index (χ1) is 36.1. The molecule has 354 valence electrons. The van der Waals surface area contributed by atoms with Gasteiger partial charge in [0.1, 0.15) is 11.6 Å². The topological polar surface area (TPSA) is 50.9 Å². The Labute approximate surface area is 427 Å². The van der Waals surface area contributed by atoms with Crippen LogP contribution in [0.5, 0.6) is 5.75 Å². The van der Waals surface area contributed by atoms with E-state index >= 15 is 0 Å². The van der Waals surface area contributed by atoms with Crippen molar-refractivity contribution in [2.75, 3.05) is 0 Å². The molecule has 7 aromatic carbocycles. The number of imidazole rings is 1. The van der Waals surface area contributed by atoms with Crippen LogP contribution in [0.2, 0.25) is 0 Å². The Kier molecular flexibility index (Phi) is 10.4. The number of hydrogen-bond donors (Lipinski definition) is 1. The van der Waals surface area contributed by atoms with Gasteiger partial charge in [0.05, 0.1) is 37.6 Å². The number of rotatable bonds is 9. The summed E-state index contributed by atoms with van der Waals surface area (Å²) in [6, 6.07) is 39.1. The van der Waals surface area contributed by atoms with E-state index in [0.29, 0.717) is 22.5 Å². The molecule has 2 aromatic heterocycles. The monoisotopic (exact) mass is 927 g/mol. The molecule has 2 heterocycles. The molecule has 0 atom stereocenters. The molecule has 0 radical (unpaired) electrons. The predicted molar refractivity (Wildman–Crippen MR) is 297 cm³/mol. The number of phenols is 1. The van der Waals surface area contributed by atoms with Gasteiger partial charge in [0.15, 0.2) is 0 Å².